The Morgan fingerprint density at radius 2 is 1.97 bits per heavy atom. The molecule has 4 aromatic rings. The van der Waals surface area contributed by atoms with Gasteiger partial charge in [0.25, 0.3) is 5.89 Å². The van der Waals surface area contributed by atoms with Crippen molar-refractivity contribution in [3.63, 3.8) is 0 Å². The first-order valence-electron chi connectivity index (χ1n) is 9.93. The molecule has 0 aliphatic carbocycles. The maximum absolute atomic E-state index is 13.8. The van der Waals surface area contributed by atoms with Crippen molar-refractivity contribution in [1.29, 1.82) is 0 Å². The minimum absolute atomic E-state index is 0.00463. The molecule has 0 bridgehead atoms. The van der Waals surface area contributed by atoms with E-state index in [2.05, 4.69) is 10.1 Å². The fraction of sp³-hybridized carbons (Fsp3) is 0.261. The van der Waals surface area contributed by atoms with E-state index < -0.39 is 5.82 Å². The van der Waals surface area contributed by atoms with Gasteiger partial charge in [-0.2, -0.15) is 4.98 Å². The molecule has 31 heavy (non-hydrogen) atoms. The molecule has 0 radical (unpaired) electrons. The number of aromatic nitrogens is 3. The van der Waals surface area contributed by atoms with Crippen LogP contribution in [0.15, 0.2) is 51.9 Å². The molecule has 0 N–H and O–H groups in total. The zero-order valence-corrected chi connectivity index (χ0v) is 17.7. The van der Waals surface area contributed by atoms with E-state index in [-0.39, 0.29) is 28.4 Å². The Morgan fingerprint density at radius 1 is 1.16 bits per heavy atom. The number of aryl methyl sites for hydroxylation is 1. The smallest absolute Gasteiger partial charge is 0.263 e. The van der Waals surface area contributed by atoms with Crippen molar-refractivity contribution in [2.75, 3.05) is 7.11 Å². The monoisotopic (exact) mass is 423 g/mol. The van der Waals surface area contributed by atoms with Gasteiger partial charge < -0.3 is 18.6 Å². The molecular formula is C23H22FN3O4. The second-order valence-electron chi connectivity index (χ2n) is 7.27. The summed E-state index contributed by atoms with van der Waals surface area (Å²) in [6.45, 7) is 6.38. The van der Waals surface area contributed by atoms with Gasteiger partial charge in [-0.15, -0.1) is 0 Å². The highest BCUT2D eigenvalue weighted by atomic mass is 19.1. The third kappa shape index (κ3) is 3.88. The molecule has 7 nitrogen and oxygen atoms in total. The zero-order valence-electron chi connectivity index (χ0n) is 17.7. The average molecular weight is 423 g/mol. The zero-order chi connectivity index (χ0) is 22.1. The second-order valence-corrected chi connectivity index (χ2v) is 7.27. The Morgan fingerprint density at radius 3 is 2.68 bits per heavy atom. The van der Waals surface area contributed by atoms with Crippen LogP contribution in [-0.4, -0.2) is 27.9 Å². The van der Waals surface area contributed by atoms with Crippen LogP contribution in [0.2, 0.25) is 0 Å². The minimum Gasteiger partial charge on any atom is -0.493 e. The Labute approximate surface area is 178 Å². The number of ether oxygens (including phenoxy) is 2. The molecule has 0 amide bonds. The summed E-state index contributed by atoms with van der Waals surface area (Å²) in [5.74, 6) is 1.02. The second kappa shape index (κ2) is 8.22. The van der Waals surface area contributed by atoms with Gasteiger partial charge in [-0.25, -0.2) is 4.39 Å². The molecule has 0 saturated carbocycles. The summed E-state index contributed by atoms with van der Waals surface area (Å²) in [5.41, 5.74) is 1.13. The van der Waals surface area contributed by atoms with Crippen molar-refractivity contribution in [3.05, 3.63) is 58.6 Å². The minimum atomic E-state index is -0.480. The third-order valence-electron chi connectivity index (χ3n) is 4.82. The Hall–Kier alpha value is -3.68. The van der Waals surface area contributed by atoms with Gasteiger partial charge in [-0.3, -0.25) is 4.79 Å². The first-order chi connectivity index (χ1) is 14.9. The molecule has 2 aromatic carbocycles. The van der Waals surface area contributed by atoms with Crippen LogP contribution in [-0.2, 0) is 6.54 Å². The van der Waals surface area contributed by atoms with Crippen molar-refractivity contribution in [2.24, 2.45) is 0 Å². The SMILES string of the molecule is CCn1cc(-c2nc(-c3ccc(OC(C)C)c(OC)c3)no2)c(=O)c2cc(F)ccc21. The normalized spacial score (nSPS) is 11.3. The molecule has 2 heterocycles. The third-order valence-corrected chi connectivity index (χ3v) is 4.82. The number of pyridine rings is 1. The highest BCUT2D eigenvalue weighted by molar-refractivity contribution is 5.83. The fourth-order valence-corrected chi connectivity index (χ4v) is 3.39. The average Bonchev–Trinajstić information content (AvgIpc) is 3.24. The van der Waals surface area contributed by atoms with Gasteiger partial charge in [0.1, 0.15) is 11.4 Å². The summed E-state index contributed by atoms with van der Waals surface area (Å²) in [6.07, 6.45) is 1.65. The number of hydrogen-bond acceptors (Lipinski definition) is 6. The molecular weight excluding hydrogens is 401 g/mol. The molecule has 0 saturated heterocycles. The van der Waals surface area contributed by atoms with Crippen LogP contribution >= 0.6 is 0 Å². The molecule has 160 valence electrons. The van der Waals surface area contributed by atoms with E-state index in [9.17, 15) is 9.18 Å². The lowest BCUT2D eigenvalue weighted by Gasteiger charge is -2.13. The van der Waals surface area contributed by atoms with E-state index in [1.165, 1.54) is 12.1 Å². The lowest BCUT2D eigenvalue weighted by molar-refractivity contribution is 0.230. The fourth-order valence-electron chi connectivity index (χ4n) is 3.39. The number of halogens is 1. The van der Waals surface area contributed by atoms with Crippen molar-refractivity contribution >= 4 is 10.9 Å². The van der Waals surface area contributed by atoms with Crippen molar-refractivity contribution in [1.82, 2.24) is 14.7 Å². The quantitative estimate of drug-likeness (QED) is 0.448. The van der Waals surface area contributed by atoms with Crippen LogP contribution in [0.3, 0.4) is 0 Å². The molecule has 0 atom stereocenters. The maximum Gasteiger partial charge on any atom is 0.263 e. The van der Waals surface area contributed by atoms with Crippen molar-refractivity contribution in [2.45, 2.75) is 33.4 Å². The summed E-state index contributed by atoms with van der Waals surface area (Å²) in [4.78, 5) is 17.4. The van der Waals surface area contributed by atoms with Gasteiger partial charge in [0.05, 0.1) is 18.7 Å². The standard InChI is InChI=1S/C23H22FN3O4/c1-5-27-12-17(21(28)16-11-15(24)7-8-18(16)27)23-25-22(26-31-23)14-6-9-19(30-13(2)3)20(10-14)29-4/h6-13H,5H2,1-4H3. The summed E-state index contributed by atoms with van der Waals surface area (Å²) >= 11 is 0. The topological polar surface area (TPSA) is 79.4 Å². The Balaban J connectivity index is 1.78. The van der Waals surface area contributed by atoms with Crippen LogP contribution in [0, 0.1) is 5.82 Å². The summed E-state index contributed by atoms with van der Waals surface area (Å²) < 4.78 is 32.1. The molecule has 0 aliphatic rings. The van der Waals surface area contributed by atoms with E-state index in [1.54, 1.807) is 37.6 Å². The van der Waals surface area contributed by atoms with Crippen LogP contribution < -0.4 is 14.9 Å². The van der Waals surface area contributed by atoms with E-state index in [1.807, 2.05) is 25.3 Å². The number of fused-ring (bicyclic) bond motifs is 1. The molecule has 0 unspecified atom stereocenters. The van der Waals surface area contributed by atoms with Gasteiger partial charge in [-0.05, 0) is 57.2 Å². The highest BCUT2D eigenvalue weighted by Crippen LogP contribution is 2.33. The van der Waals surface area contributed by atoms with Crippen molar-refractivity contribution < 1.29 is 18.4 Å². The van der Waals surface area contributed by atoms with Crippen LogP contribution in [0.5, 0.6) is 11.5 Å². The van der Waals surface area contributed by atoms with E-state index in [0.29, 0.717) is 34.9 Å². The first kappa shape index (κ1) is 20.6. The van der Waals surface area contributed by atoms with Gasteiger partial charge in [0.2, 0.25) is 11.3 Å². The molecule has 2 aromatic heterocycles. The molecule has 0 fully saturated rings. The lowest BCUT2D eigenvalue weighted by Crippen LogP contribution is -2.12. The van der Waals surface area contributed by atoms with Crippen LogP contribution in [0.25, 0.3) is 33.7 Å². The van der Waals surface area contributed by atoms with Crippen molar-refractivity contribution in [3.8, 4) is 34.3 Å². The Bertz CT molecular complexity index is 1310. The van der Waals surface area contributed by atoms with Gasteiger partial charge in [-0.1, -0.05) is 5.16 Å². The predicted octanol–water partition coefficient (Wildman–Crippen LogP) is 4.67. The predicted molar refractivity (Wildman–Crippen MR) is 115 cm³/mol. The number of methoxy groups -OCH3 is 1. The van der Waals surface area contributed by atoms with E-state index in [0.717, 1.165) is 0 Å². The summed E-state index contributed by atoms with van der Waals surface area (Å²) in [5, 5.41) is 4.28. The maximum atomic E-state index is 13.8. The number of hydrogen-bond donors (Lipinski definition) is 0. The molecule has 0 spiro atoms. The van der Waals surface area contributed by atoms with E-state index >= 15 is 0 Å². The van der Waals surface area contributed by atoms with Gasteiger partial charge in [0, 0.05) is 23.7 Å². The highest BCUT2D eigenvalue weighted by Gasteiger charge is 2.18. The molecule has 8 heteroatoms. The number of rotatable bonds is 6. The first-order valence-corrected chi connectivity index (χ1v) is 9.93. The summed E-state index contributed by atoms with van der Waals surface area (Å²) in [6, 6.07) is 9.45. The largest absolute Gasteiger partial charge is 0.493 e. The lowest BCUT2D eigenvalue weighted by atomic mass is 10.1. The van der Waals surface area contributed by atoms with E-state index in [4.69, 9.17) is 14.0 Å². The number of nitrogens with zero attached hydrogens (tertiary/aromatic N) is 3. The molecule has 4 rings (SSSR count). The summed E-state index contributed by atoms with van der Waals surface area (Å²) in [7, 11) is 1.55. The number of benzene rings is 2. The van der Waals surface area contributed by atoms with Crippen LogP contribution in [0.1, 0.15) is 20.8 Å². The Kier molecular flexibility index (Phi) is 5.46. The molecule has 0 aliphatic heterocycles. The van der Waals surface area contributed by atoms with Gasteiger partial charge >= 0.3 is 0 Å². The van der Waals surface area contributed by atoms with Gasteiger partial charge in [0.15, 0.2) is 11.5 Å². The van der Waals surface area contributed by atoms with Crippen LogP contribution in [0.4, 0.5) is 4.39 Å².